The first-order valence-electron chi connectivity index (χ1n) is 5.66. The lowest BCUT2D eigenvalue weighted by molar-refractivity contribution is 0.0942. The van der Waals surface area contributed by atoms with Gasteiger partial charge in [-0.25, -0.2) is 4.98 Å². The Morgan fingerprint density at radius 3 is 2.47 bits per heavy atom. The molecule has 2 rings (SSSR count). The molecule has 0 atom stereocenters. The lowest BCUT2D eigenvalue weighted by Gasteiger charge is -2.00. The first-order valence-corrected chi connectivity index (χ1v) is 6.48. The predicted molar refractivity (Wildman–Crippen MR) is 71.5 cm³/mol. The number of ketones is 1. The Balaban J connectivity index is 2.41. The summed E-state index contributed by atoms with van der Waals surface area (Å²) in [6.07, 6.45) is 0. The highest BCUT2D eigenvalue weighted by Crippen LogP contribution is 2.29. The summed E-state index contributed by atoms with van der Waals surface area (Å²) in [5.41, 5.74) is 1.91. The van der Waals surface area contributed by atoms with Crippen molar-refractivity contribution in [3.63, 3.8) is 0 Å². The zero-order chi connectivity index (χ0) is 12.4. The van der Waals surface area contributed by atoms with E-state index in [2.05, 4.69) is 4.98 Å². The molecule has 0 spiro atoms. The predicted octanol–water partition coefficient (Wildman–Crippen LogP) is 3.96. The number of rotatable bonds is 3. The Morgan fingerprint density at radius 1 is 1.24 bits per heavy atom. The van der Waals surface area contributed by atoms with Crippen molar-refractivity contribution in [2.75, 3.05) is 0 Å². The molecule has 0 aliphatic rings. The number of aryl methyl sites for hydroxylation is 1. The lowest BCUT2D eigenvalue weighted by Crippen LogP contribution is -2.06. The molecule has 1 aromatic carbocycles. The summed E-state index contributed by atoms with van der Waals surface area (Å²) >= 11 is 1.49. The minimum absolute atomic E-state index is 0.0257. The Kier molecular flexibility index (Phi) is 3.38. The van der Waals surface area contributed by atoms with Crippen LogP contribution in [0.5, 0.6) is 0 Å². The van der Waals surface area contributed by atoms with Crippen molar-refractivity contribution in [2.45, 2.75) is 20.8 Å². The molecule has 1 aromatic heterocycles. The van der Waals surface area contributed by atoms with Gasteiger partial charge in [0.1, 0.15) is 5.01 Å². The Bertz CT molecular complexity index is 528. The molecule has 0 saturated heterocycles. The van der Waals surface area contributed by atoms with Gasteiger partial charge in [0.05, 0.1) is 10.6 Å². The molecular weight excluding hydrogens is 230 g/mol. The average molecular weight is 245 g/mol. The summed E-state index contributed by atoms with van der Waals surface area (Å²) in [6.45, 7) is 5.74. The zero-order valence-corrected chi connectivity index (χ0v) is 11.0. The molecule has 2 nitrogen and oxygen atoms in total. The monoisotopic (exact) mass is 245 g/mol. The summed E-state index contributed by atoms with van der Waals surface area (Å²) in [6, 6.07) is 9.97. The van der Waals surface area contributed by atoms with Gasteiger partial charge < -0.3 is 0 Å². The standard InChI is InChI=1S/C14H15NOS/c1-9(2)12(16)13-10(3)15-14(17-13)11-7-5-4-6-8-11/h4-9H,1-3H3. The SMILES string of the molecule is Cc1nc(-c2ccccc2)sc1C(=O)C(C)C. The molecule has 2 aromatic rings. The number of benzene rings is 1. The molecule has 0 amide bonds. The van der Waals surface area contributed by atoms with Crippen LogP contribution in [0.4, 0.5) is 0 Å². The molecular formula is C14H15NOS. The van der Waals surface area contributed by atoms with E-state index in [9.17, 15) is 4.79 Å². The van der Waals surface area contributed by atoms with Crippen molar-refractivity contribution in [2.24, 2.45) is 5.92 Å². The van der Waals surface area contributed by atoms with Gasteiger partial charge in [0, 0.05) is 11.5 Å². The van der Waals surface area contributed by atoms with Crippen LogP contribution in [-0.2, 0) is 0 Å². The summed E-state index contributed by atoms with van der Waals surface area (Å²) < 4.78 is 0. The van der Waals surface area contributed by atoms with Crippen LogP contribution < -0.4 is 0 Å². The third kappa shape index (κ3) is 2.44. The molecule has 0 N–H and O–H groups in total. The molecule has 17 heavy (non-hydrogen) atoms. The van der Waals surface area contributed by atoms with Gasteiger partial charge in [-0.3, -0.25) is 4.79 Å². The molecule has 0 aliphatic carbocycles. The molecule has 0 radical (unpaired) electrons. The van der Waals surface area contributed by atoms with Crippen molar-refractivity contribution in [1.82, 2.24) is 4.98 Å². The van der Waals surface area contributed by atoms with Crippen LogP contribution in [0.2, 0.25) is 0 Å². The Hall–Kier alpha value is -1.48. The van der Waals surface area contributed by atoms with Crippen molar-refractivity contribution in [1.29, 1.82) is 0 Å². The molecule has 0 aliphatic heterocycles. The molecule has 0 unspecified atom stereocenters. The quantitative estimate of drug-likeness (QED) is 0.766. The summed E-state index contributed by atoms with van der Waals surface area (Å²) in [7, 11) is 0. The highest BCUT2D eigenvalue weighted by molar-refractivity contribution is 7.17. The topological polar surface area (TPSA) is 30.0 Å². The van der Waals surface area contributed by atoms with Crippen LogP contribution in [0.25, 0.3) is 10.6 Å². The Morgan fingerprint density at radius 2 is 1.88 bits per heavy atom. The van der Waals surface area contributed by atoms with Crippen molar-refractivity contribution in [3.8, 4) is 10.6 Å². The highest BCUT2D eigenvalue weighted by Gasteiger charge is 2.18. The van der Waals surface area contributed by atoms with Gasteiger partial charge in [-0.05, 0) is 6.92 Å². The number of carbonyl (C=O) groups is 1. The van der Waals surface area contributed by atoms with Gasteiger partial charge in [-0.15, -0.1) is 11.3 Å². The molecule has 0 saturated carbocycles. The summed E-state index contributed by atoms with van der Waals surface area (Å²) in [4.78, 5) is 17.3. The van der Waals surface area contributed by atoms with Crippen molar-refractivity contribution < 1.29 is 4.79 Å². The van der Waals surface area contributed by atoms with Crippen LogP contribution in [0.3, 0.4) is 0 Å². The van der Waals surface area contributed by atoms with Gasteiger partial charge in [0.15, 0.2) is 5.78 Å². The smallest absolute Gasteiger partial charge is 0.177 e. The van der Waals surface area contributed by atoms with E-state index in [1.807, 2.05) is 51.1 Å². The zero-order valence-electron chi connectivity index (χ0n) is 10.2. The maximum atomic E-state index is 12.0. The van der Waals surface area contributed by atoms with E-state index < -0.39 is 0 Å². The fourth-order valence-corrected chi connectivity index (χ4v) is 2.75. The maximum Gasteiger partial charge on any atom is 0.177 e. The van der Waals surface area contributed by atoms with Gasteiger partial charge in [-0.1, -0.05) is 44.2 Å². The number of Topliss-reactive ketones (excluding diaryl/α,β-unsaturated/α-hetero) is 1. The molecule has 0 fully saturated rings. The second-order valence-electron chi connectivity index (χ2n) is 4.32. The van der Waals surface area contributed by atoms with Crippen molar-refractivity contribution in [3.05, 3.63) is 40.9 Å². The van der Waals surface area contributed by atoms with Gasteiger partial charge in [0.25, 0.3) is 0 Å². The fraction of sp³-hybridized carbons (Fsp3) is 0.286. The third-order valence-corrected chi connectivity index (χ3v) is 3.79. The normalized spacial score (nSPS) is 10.8. The van der Waals surface area contributed by atoms with Gasteiger partial charge >= 0.3 is 0 Å². The first kappa shape index (κ1) is 12.0. The van der Waals surface area contributed by atoms with Gasteiger partial charge in [-0.2, -0.15) is 0 Å². The number of thiazole rings is 1. The second kappa shape index (κ2) is 4.80. The molecule has 1 heterocycles. The van der Waals surface area contributed by atoms with E-state index in [1.165, 1.54) is 11.3 Å². The number of nitrogens with zero attached hydrogens (tertiary/aromatic N) is 1. The van der Waals surface area contributed by atoms with Crippen LogP contribution >= 0.6 is 11.3 Å². The maximum absolute atomic E-state index is 12.0. The van der Waals surface area contributed by atoms with Crippen LogP contribution in [0.15, 0.2) is 30.3 Å². The summed E-state index contributed by atoms with van der Waals surface area (Å²) in [5, 5.41) is 0.923. The fourth-order valence-electron chi connectivity index (χ4n) is 1.59. The lowest BCUT2D eigenvalue weighted by atomic mass is 10.1. The summed E-state index contributed by atoms with van der Waals surface area (Å²) in [5.74, 6) is 0.208. The number of aromatic nitrogens is 1. The number of hydrogen-bond acceptors (Lipinski definition) is 3. The van der Waals surface area contributed by atoms with Crippen LogP contribution in [-0.4, -0.2) is 10.8 Å². The Labute approximate surface area is 105 Å². The van der Waals surface area contributed by atoms with Crippen molar-refractivity contribution >= 4 is 17.1 Å². The highest BCUT2D eigenvalue weighted by atomic mass is 32.1. The average Bonchev–Trinajstić information content (AvgIpc) is 2.71. The van der Waals surface area contributed by atoms with E-state index in [0.29, 0.717) is 0 Å². The molecule has 0 bridgehead atoms. The number of hydrogen-bond donors (Lipinski definition) is 0. The van der Waals surface area contributed by atoms with E-state index >= 15 is 0 Å². The van der Waals surface area contributed by atoms with E-state index in [-0.39, 0.29) is 11.7 Å². The minimum atomic E-state index is 0.0257. The third-order valence-electron chi connectivity index (χ3n) is 2.57. The van der Waals surface area contributed by atoms with E-state index in [0.717, 1.165) is 21.1 Å². The minimum Gasteiger partial charge on any atom is -0.293 e. The first-order chi connectivity index (χ1) is 8.09. The van der Waals surface area contributed by atoms with Gasteiger partial charge in [0.2, 0.25) is 0 Å². The van der Waals surface area contributed by atoms with E-state index in [4.69, 9.17) is 0 Å². The van der Waals surface area contributed by atoms with E-state index in [1.54, 1.807) is 0 Å². The molecule has 88 valence electrons. The number of carbonyl (C=O) groups excluding carboxylic acids is 1. The second-order valence-corrected chi connectivity index (χ2v) is 5.32. The largest absolute Gasteiger partial charge is 0.293 e. The van der Waals surface area contributed by atoms with Crippen LogP contribution in [0.1, 0.15) is 29.2 Å². The van der Waals surface area contributed by atoms with Crippen LogP contribution in [0, 0.1) is 12.8 Å². The molecule has 3 heteroatoms.